The SMILES string of the molecule is O=[N+]([O-])c1cc(Br)c2ncccc2c1Br. The molecule has 0 aliphatic heterocycles. The second-order valence-corrected chi connectivity index (χ2v) is 4.50. The molecule has 0 aliphatic carbocycles. The Labute approximate surface area is 102 Å². The minimum Gasteiger partial charge on any atom is -0.258 e. The Balaban J connectivity index is 2.90. The van der Waals surface area contributed by atoms with Gasteiger partial charge in [0.25, 0.3) is 5.69 Å². The molecule has 6 heteroatoms. The zero-order valence-electron chi connectivity index (χ0n) is 7.28. The monoisotopic (exact) mass is 330 g/mol. The first kappa shape index (κ1) is 10.5. The van der Waals surface area contributed by atoms with Gasteiger partial charge in [0.05, 0.1) is 14.9 Å². The highest BCUT2D eigenvalue weighted by Gasteiger charge is 2.17. The van der Waals surface area contributed by atoms with E-state index in [1.165, 1.54) is 6.07 Å². The molecule has 0 saturated heterocycles. The first-order chi connectivity index (χ1) is 7.11. The third-order valence-electron chi connectivity index (χ3n) is 1.96. The summed E-state index contributed by atoms with van der Waals surface area (Å²) in [6.07, 6.45) is 1.64. The van der Waals surface area contributed by atoms with Gasteiger partial charge in [-0.05, 0) is 44.0 Å². The van der Waals surface area contributed by atoms with Crippen LogP contribution in [0.1, 0.15) is 0 Å². The molecule has 0 fully saturated rings. The van der Waals surface area contributed by atoms with E-state index in [1.807, 2.05) is 0 Å². The molecule has 0 amide bonds. The summed E-state index contributed by atoms with van der Waals surface area (Å²) in [7, 11) is 0. The summed E-state index contributed by atoms with van der Waals surface area (Å²) in [5, 5.41) is 11.5. The van der Waals surface area contributed by atoms with Crippen LogP contribution in [0.4, 0.5) is 5.69 Å². The van der Waals surface area contributed by atoms with E-state index < -0.39 is 4.92 Å². The molecule has 2 aromatic rings. The molecule has 15 heavy (non-hydrogen) atoms. The summed E-state index contributed by atoms with van der Waals surface area (Å²) >= 11 is 6.48. The minimum absolute atomic E-state index is 0.0300. The zero-order valence-corrected chi connectivity index (χ0v) is 10.4. The Morgan fingerprint density at radius 2 is 2.13 bits per heavy atom. The van der Waals surface area contributed by atoms with Gasteiger partial charge in [-0.2, -0.15) is 0 Å². The van der Waals surface area contributed by atoms with Crippen molar-refractivity contribution in [2.75, 3.05) is 0 Å². The van der Waals surface area contributed by atoms with Crippen molar-refractivity contribution < 1.29 is 4.92 Å². The molecule has 4 nitrogen and oxygen atoms in total. The Hall–Kier alpha value is -1.01. The Kier molecular flexibility index (Phi) is 2.70. The summed E-state index contributed by atoms with van der Waals surface area (Å²) in [6, 6.07) is 4.97. The molecule has 76 valence electrons. The quantitative estimate of drug-likeness (QED) is 0.591. The number of benzene rings is 1. The van der Waals surface area contributed by atoms with Crippen molar-refractivity contribution in [2.45, 2.75) is 0 Å². The van der Waals surface area contributed by atoms with Crippen LogP contribution in [-0.2, 0) is 0 Å². The van der Waals surface area contributed by atoms with Gasteiger partial charge in [-0.15, -0.1) is 0 Å². The van der Waals surface area contributed by atoms with Gasteiger partial charge in [0.2, 0.25) is 0 Å². The molecule has 0 N–H and O–H groups in total. The van der Waals surface area contributed by atoms with Gasteiger partial charge in [0, 0.05) is 17.6 Å². The van der Waals surface area contributed by atoms with Crippen molar-refractivity contribution in [3.8, 4) is 0 Å². The molecule has 0 saturated carbocycles. The number of rotatable bonds is 1. The van der Waals surface area contributed by atoms with E-state index >= 15 is 0 Å². The first-order valence-electron chi connectivity index (χ1n) is 3.98. The Morgan fingerprint density at radius 3 is 2.80 bits per heavy atom. The largest absolute Gasteiger partial charge is 0.285 e. The fourth-order valence-electron chi connectivity index (χ4n) is 1.30. The number of pyridine rings is 1. The van der Waals surface area contributed by atoms with Crippen molar-refractivity contribution in [1.29, 1.82) is 0 Å². The van der Waals surface area contributed by atoms with E-state index in [0.29, 0.717) is 14.5 Å². The molecule has 1 aromatic heterocycles. The van der Waals surface area contributed by atoms with Crippen molar-refractivity contribution in [3.63, 3.8) is 0 Å². The second kappa shape index (κ2) is 3.86. The lowest BCUT2D eigenvalue weighted by atomic mass is 10.2. The second-order valence-electron chi connectivity index (χ2n) is 2.85. The van der Waals surface area contributed by atoms with Crippen molar-refractivity contribution in [2.24, 2.45) is 0 Å². The maximum atomic E-state index is 10.8. The predicted molar refractivity (Wildman–Crippen MR) is 63.8 cm³/mol. The van der Waals surface area contributed by atoms with Crippen LogP contribution in [0.2, 0.25) is 0 Å². The van der Waals surface area contributed by atoms with Gasteiger partial charge in [-0.3, -0.25) is 15.1 Å². The van der Waals surface area contributed by atoms with E-state index in [2.05, 4.69) is 36.8 Å². The van der Waals surface area contributed by atoms with Gasteiger partial charge in [-0.1, -0.05) is 0 Å². The number of fused-ring (bicyclic) bond motifs is 1. The molecule has 0 atom stereocenters. The van der Waals surface area contributed by atoms with Crippen LogP contribution in [0, 0.1) is 10.1 Å². The molecule has 1 aromatic carbocycles. The molecular weight excluding hydrogens is 328 g/mol. The van der Waals surface area contributed by atoms with Crippen LogP contribution >= 0.6 is 31.9 Å². The molecule has 0 bridgehead atoms. The molecule has 0 spiro atoms. The van der Waals surface area contributed by atoms with Gasteiger partial charge >= 0.3 is 0 Å². The van der Waals surface area contributed by atoms with E-state index in [9.17, 15) is 10.1 Å². The molecule has 1 heterocycles. The van der Waals surface area contributed by atoms with Gasteiger partial charge in [0.1, 0.15) is 4.47 Å². The first-order valence-corrected chi connectivity index (χ1v) is 5.57. The van der Waals surface area contributed by atoms with E-state index in [-0.39, 0.29) is 5.69 Å². The lowest BCUT2D eigenvalue weighted by Crippen LogP contribution is -1.91. The van der Waals surface area contributed by atoms with Crippen LogP contribution in [0.3, 0.4) is 0 Å². The fraction of sp³-hybridized carbons (Fsp3) is 0. The maximum absolute atomic E-state index is 10.8. The summed E-state index contributed by atoms with van der Waals surface area (Å²) in [6.45, 7) is 0. The third kappa shape index (κ3) is 1.74. The highest BCUT2D eigenvalue weighted by molar-refractivity contribution is 9.11. The predicted octanol–water partition coefficient (Wildman–Crippen LogP) is 3.67. The topological polar surface area (TPSA) is 56.0 Å². The molecular formula is C9H4Br2N2O2. The number of nitro benzene ring substituents is 1. The highest BCUT2D eigenvalue weighted by atomic mass is 79.9. The lowest BCUT2D eigenvalue weighted by Gasteiger charge is -2.02. The van der Waals surface area contributed by atoms with Crippen LogP contribution in [0.15, 0.2) is 33.3 Å². The summed E-state index contributed by atoms with van der Waals surface area (Å²) in [4.78, 5) is 14.5. The minimum atomic E-state index is -0.429. The standard InChI is InChI=1S/C9H4Br2N2O2/c10-6-4-7(13(14)15)8(11)5-2-1-3-12-9(5)6/h1-4H. The fourth-order valence-corrected chi connectivity index (χ4v) is 2.41. The molecule has 2 rings (SSSR count). The molecule has 0 aliphatic rings. The Bertz CT molecular complexity index is 557. The summed E-state index contributed by atoms with van der Waals surface area (Å²) < 4.78 is 1.08. The average Bonchev–Trinajstić information content (AvgIpc) is 2.23. The zero-order chi connectivity index (χ0) is 11.0. The van der Waals surface area contributed by atoms with Crippen molar-refractivity contribution >= 4 is 48.5 Å². The Morgan fingerprint density at radius 1 is 1.40 bits per heavy atom. The summed E-state index contributed by atoms with van der Waals surface area (Å²) in [5.74, 6) is 0. The number of hydrogen-bond acceptors (Lipinski definition) is 3. The van der Waals surface area contributed by atoms with E-state index in [0.717, 1.165) is 5.39 Å². The lowest BCUT2D eigenvalue weighted by molar-refractivity contribution is -0.385. The van der Waals surface area contributed by atoms with Gasteiger partial charge in [0.15, 0.2) is 0 Å². The highest BCUT2D eigenvalue weighted by Crippen LogP contribution is 2.36. The smallest absolute Gasteiger partial charge is 0.258 e. The van der Waals surface area contributed by atoms with Gasteiger partial charge < -0.3 is 0 Å². The maximum Gasteiger partial charge on any atom is 0.285 e. The normalized spacial score (nSPS) is 10.5. The van der Waals surface area contributed by atoms with Crippen molar-refractivity contribution in [1.82, 2.24) is 4.98 Å². The van der Waals surface area contributed by atoms with Crippen LogP contribution in [0.5, 0.6) is 0 Å². The van der Waals surface area contributed by atoms with Crippen LogP contribution < -0.4 is 0 Å². The van der Waals surface area contributed by atoms with Crippen LogP contribution in [0.25, 0.3) is 10.9 Å². The van der Waals surface area contributed by atoms with E-state index in [4.69, 9.17) is 0 Å². The molecule has 0 radical (unpaired) electrons. The van der Waals surface area contributed by atoms with Gasteiger partial charge in [-0.25, -0.2) is 0 Å². The van der Waals surface area contributed by atoms with Crippen molar-refractivity contribution in [3.05, 3.63) is 43.5 Å². The third-order valence-corrected chi connectivity index (χ3v) is 3.39. The number of hydrogen-bond donors (Lipinski definition) is 0. The number of aromatic nitrogens is 1. The number of halogens is 2. The molecule has 0 unspecified atom stereocenters. The average molecular weight is 332 g/mol. The number of nitro groups is 1. The van der Waals surface area contributed by atoms with E-state index in [1.54, 1.807) is 18.3 Å². The van der Waals surface area contributed by atoms with Crippen LogP contribution in [-0.4, -0.2) is 9.91 Å². The number of nitrogens with zero attached hydrogens (tertiary/aromatic N) is 2. The summed E-state index contributed by atoms with van der Waals surface area (Å²) in [5.41, 5.74) is 0.734.